The van der Waals surface area contributed by atoms with Crippen LogP contribution in [0.15, 0.2) is 37.2 Å². The largest absolute Gasteiger partial charge is 0.389 e. The Morgan fingerprint density at radius 3 is 2.45 bits per heavy atom. The predicted octanol–water partition coefficient (Wildman–Crippen LogP) is 3.46. The van der Waals surface area contributed by atoms with E-state index in [0.717, 1.165) is 56.6 Å². The average molecular weight is 279 g/mol. The Hall–Kier alpha value is -1.22. The predicted molar refractivity (Wildman–Crippen MR) is 90.5 cm³/mol. The van der Waals surface area contributed by atoms with Gasteiger partial charge in [-0.2, -0.15) is 0 Å². The van der Waals surface area contributed by atoms with Gasteiger partial charge in [0.25, 0.3) is 0 Å². The molecule has 0 rings (SSSR count). The molecule has 0 saturated heterocycles. The van der Waals surface area contributed by atoms with Gasteiger partial charge in [0.1, 0.15) is 0 Å². The Morgan fingerprint density at radius 1 is 1.15 bits per heavy atom. The molecule has 0 aromatic heterocycles. The van der Waals surface area contributed by atoms with Crippen LogP contribution in [0.3, 0.4) is 0 Å². The Balaban J connectivity index is 3.78. The zero-order valence-electron chi connectivity index (χ0n) is 13.2. The Morgan fingerprint density at radius 2 is 1.85 bits per heavy atom. The molecular formula is C17H33N3. The summed E-state index contributed by atoms with van der Waals surface area (Å²) in [6.45, 7) is 16.0. The maximum Gasteiger partial charge on any atom is 0.0438 e. The van der Waals surface area contributed by atoms with Crippen molar-refractivity contribution in [2.75, 3.05) is 13.1 Å². The molecule has 3 heteroatoms. The molecule has 0 spiro atoms. The number of hydrogen-bond donors (Lipinski definition) is 3. The molecule has 0 amide bonds. The molecule has 0 fully saturated rings. The number of allylic oxidation sites excluding steroid dienone is 2. The van der Waals surface area contributed by atoms with Crippen LogP contribution in [0.1, 0.15) is 51.9 Å². The zero-order chi connectivity index (χ0) is 15.2. The summed E-state index contributed by atoms with van der Waals surface area (Å²) in [5.74, 6) is 0. The standard InChI is InChI=1S/C17H33N3/c1-5-7-14-19-15(3)11-12-16(4)20-17(6-2)10-8-9-13-18/h6,17,19-20H,2-5,7-14,18H2,1H3. The van der Waals surface area contributed by atoms with Crippen molar-refractivity contribution in [1.29, 1.82) is 0 Å². The fourth-order valence-corrected chi connectivity index (χ4v) is 1.92. The molecule has 0 aliphatic carbocycles. The van der Waals surface area contributed by atoms with Gasteiger partial charge in [-0.15, -0.1) is 6.58 Å². The number of hydrogen-bond acceptors (Lipinski definition) is 3. The molecule has 0 heterocycles. The summed E-state index contributed by atoms with van der Waals surface area (Å²) in [5.41, 5.74) is 7.66. The second kappa shape index (κ2) is 12.8. The van der Waals surface area contributed by atoms with E-state index in [-0.39, 0.29) is 0 Å². The molecule has 0 radical (unpaired) electrons. The van der Waals surface area contributed by atoms with Crippen molar-refractivity contribution < 1.29 is 0 Å². The van der Waals surface area contributed by atoms with E-state index in [4.69, 9.17) is 5.73 Å². The highest BCUT2D eigenvalue weighted by Gasteiger charge is 2.05. The summed E-state index contributed by atoms with van der Waals surface area (Å²) in [7, 11) is 0. The van der Waals surface area contributed by atoms with Gasteiger partial charge in [-0.3, -0.25) is 0 Å². The third-order valence-electron chi connectivity index (χ3n) is 3.28. The van der Waals surface area contributed by atoms with Gasteiger partial charge in [0.15, 0.2) is 0 Å². The van der Waals surface area contributed by atoms with Crippen LogP contribution in [-0.4, -0.2) is 19.1 Å². The van der Waals surface area contributed by atoms with Crippen molar-refractivity contribution in [2.45, 2.75) is 57.9 Å². The lowest BCUT2D eigenvalue weighted by atomic mass is 10.1. The SMILES string of the molecule is C=CC(CCCCN)NC(=C)CCC(=C)NCCCC. The van der Waals surface area contributed by atoms with Crippen LogP contribution in [0.4, 0.5) is 0 Å². The summed E-state index contributed by atoms with van der Waals surface area (Å²) in [5, 5.41) is 6.78. The molecule has 4 N–H and O–H groups in total. The zero-order valence-corrected chi connectivity index (χ0v) is 13.2. The first-order chi connectivity index (χ1) is 9.63. The Kier molecular flexibility index (Phi) is 12.0. The van der Waals surface area contributed by atoms with E-state index in [0.29, 0.717) is 6.04 Å². The van der Waals surface area contributed by atoms with E-state index in [9.17, 15) is 0 Å². The van der Waals surface area contributed by atoms with E-state index < -0.39 is 0 Å². The molecule has 116 valence electrons. The normalized spacial score (nSPS) is 11.7. The molecule has 0 aromatic rings. The third kappa shape index (κ3) is 10.7. The van der Waals surface area contributed by atoms with Gasteiger partial charge in [-0.25, -0.2) is 0 Å². The number of nitrogens with two attached hydrogens (primary N) is 1. The quantitative estimate of drug-likeness (QED) is 0.337. The van der Waals surface area contributed by atoms with Gasteiger partial charge in [-0.05, 0) is 45.1 Å². The summed E-state index contributed by atoms with van der Waals surface area (Å²) in [6, 6.07) is 0.301. The van der Waals surface area contributed by atoms with Crippen LogP contribution >= 0.6 is 0 Å². The summed E-state index contributed by atoms with van der Waals surface area (Å²) in [4.78, 5) is 0. The van der Waals surface area contributed by atoms with Gasteiger partial charge in [0.2, 0.25) is 0 Å². The Bertz CT molecular complexity index is 284. The van der Waals surface area contributed by atoms with Crippen molar-refractivity contribution >= 4 is 0 Å². The second-order valence-corrected chi connectivity index (χ2v) is 5.26. The van der Waals surface area contributed by atoms with E-state index in [2.05, 4.69) is 37.3 Å². The molecule has 0 aliphatic rings. The first kappa shape index (κ1) is 18.8. The molecule has 0 saturated carbocycles. The van der Waals surface area contributed by atoms with Gasteiger partial charge in [-0.1, -0.05) is 32.6 Å². The van der Waals surface area contributed by atoms with Crippen LogP contribution in [0.5, 0.6) is 0 Å². The van der Waals surface area contributed by atoms with E-state index in [1.165, 1.54) is 12.8 Å². The smallest absolute Gasteiger partial charge is 0.0438 e. The summed E-state index contributed by atoms with van der Waals surface area (Å²) in [6.07, 6.45) is 9.46. The van der Waals surface area contributed by atoms with E-state index >= 15 is 0 Å². The van der Waals surface area contributed by atoms with Crippen molar-refractivity contribution in [3.63, 3.8) is 0 Å². The van der Waals surface area contributed by atoms with Gasteiger partial charge < -0.3 is 16.4 Å². The topological polar surface area (TPSA) is 50.1 Å². The van der Waals surface area contributed by atoms with Crippen molar-refractivity contribution in [2.24, 2.45) is 5.73 Å². The molecule has 20 heavy (non-hydrogen) atoms. The lowest BCUT2D eigenvalue weighted by Gasteiger charge is -2.18. The lowest BCUT2D eigenvalue weighted by Crippen LogP contribution is -2.26. The maximum absolute atomic E-state index is 5.51. The van der Waals surface area contributed by atoms with Crippen molar-refractivity contribution in [3.05, 3.63) is 37.2 Å². The van der Waals surface area contributed by atoms with Gasteiger partial charge in [0.05, 0.1) is 0 Å². The number of nitrogens with one attached hydrogen (secondary N) is 2. The lowest BCUT2D eigenvalue weighted by molar-refractivity contribution is 0.560. The van der Waals surface area contributed by atoms with Crippen LogP contribution < -0.4 is 16.4 Å². The minimum atomic E-state index is 0.301. The molecular weight excluding hydrogens is 246 g/mol. The fourth-order valence-electron chi connectivity index (χ4n) is 1.92. The van der Waals surface area contributed by atoms with E-state index in [1.54, 1.807) is 0 Å². The molecule has 0 aromatic carbocycles. The van der Waals surface area contributed by atoms with Crippen LogP contribution in [0.2, 0.25) is 0 Å². The van der Waals surface area contributed by atoms with Crippen molar-refractivity contribution in [1.82, 2.24) is 10.6 Å². The van der Waals surface area contributed by atoms with E-state index in [1.807, 2.05) is 6.08 Å². The molecule has 0 aliphatic heterocycles. The third-order valence-corrected chi connectivity index (χ3v) is 3.28. The Labute approximate surface area is 125 Å². The van der Waals surface area contributed by atoms with Crippen molar-refractivity contribution in [3.8, 4) is 0 Å². The highest BCUT2D eigenvalue weighted by Crippen LogP contribution is 2.09. The molecule has 1 unspecified atom stereocenters. The summed E-state index contributed by atoms with van der Waals surface area (Å²) >= 11 is 0. The number of unbranched alkanes of at least 4 members (excludes halogenated alkanes) is 2. The number of rotatable bonds is 14. The van der Waals surface area contributed by atoms with Crippen LogP contribution in [0, 0.1) is 0 Å². The monoisotopic (exact) mass is 279 g/mol. The minimum Gasteiger partial charge on any atom is -0.389 e. The first-order valence-electron chi connectivity index (χ1n) is 7.82. The molecule has 3 nitrogen and oxygen atoms in total. The average Bonchev–Trinajstić information content (AvgIpc) is 2.44. The highest BCUT2D eigenvalue weighted by molar-refractivity contribution is 5.03. The summed E-state index contributed by atoms with van der Waals surface area (Å²) < 4.78 is 0. The van der Waals surface area contributed by atoms with Crippen LogP contribution in [-0.2, 0) is 0 Å². The van der Waals surface area contributed by atoms with Gasteiger partial charge >= 0.3 is 0 Å². The maximum atomic E-state index is 5.51. The van der Waals surface area contributed by atoms with Gasteiger partial charge in [0, 0.05) is 24.0 Å². The minimum absolute atomic E-state index is 0.301. The highest BCUT2D eigenvalue weighted by atomic mass is 14.9. The molecule has 1 atom stereocenters. The van der Waals surface area contributed by atoms with Crippen LogP contribution in [0.25, 0.3) is 0 Å². The second-order valence-electron chi connectivity index (χ2n) is 5.26. The first-order valence-corrected chi connectivity index (χ1v) is 7.82. The fraction of sp³-hybridized carbons (Fsp3) is 0.647. The molecule has 0 bridgehead atoms.